The minimum Gasteiger partial charge on any atom is -0.339 e. The Bertz CT molecular complexity index is 501. The first-order chi connectivity index (χ1) is 7.83. The van der Waals surface area contributed by atoms with E-state index in [-0.39, 0.29) is 0 Å². The number of aromatic nitrogens is 4. The fourth-order valence-corrected chi connectivity index (χ4v) is 1.70. The molecule has 0 amide bonds. The quantitative estimate of drug-likeness (QED) is 0.822. The van der Waals surface area contributed by atoms with E-state index in [0.717, 1.165) is 36.3 Å². The molecule has 0 spiro atoms. The van der Waals surface area contributed by atoms with E-state index in [9.17, 15) is 0 Å². The lowest BCUT2D eigenvalue weighted by atomic mass is 10.2. The van der Waals surface area contributed by atoms with Crippen molar-refractivity contribution >= 4 is 5.95 Å². The summed E-state index contributed by atoms with van der Waals surface area (Å²) < 4.78 is 0. The standard InChI is InChI=1S/C11H13N5/c1-8-4-2-5-9(12-8)10-13-11(15-14-10)16-6-3-7-16/h2,4-5H,3,6-7H2,1H3,(H,13,14,15). The normalized spacial score (nSPS) is 14.9. The van der Waals surface area contributed by atoms with Crippen LogP contribution in [0.2, 0.25) is 0 Å². The number of nitrogens with zero attached hydrogens (tertiary/aromatic N) is 4. The van der Waals surface area contributed by atoms with Crippen molar-refractivity contribution in [2.75, 3.05) is 18.0 Å². The summed E-state index contributed by atoms with van der Waals surface area (Å²) in [6.07, 6.45) is 1.23. The van der Waals surface area contributed by atoms with Gasteiger partial charge in [-0.15, -0.1) is 5.10 Å². The molecule has 1 N–H and O–H groups in total. The molecule has 0 saturated carbocycles. The zero-order chi connectivity index (χ0) is 11.0. The van der Waals surface area contributed by atoms with Gasteiger partial charge in [0.1, 0.15) is 5.69 Å². The molecular formula is C11H13N5. The number of rotatable bonds is 2. The van der Waals surface area contributed by atoms with Crippen molar-refractivity contribution < 1.29 is 0 Å². The number of aryl methyl sites for hydroxylation is 1. The van der Waals surface area contributed by atoms with Gasteiger partial charge in [0.15, 0.2) is 5.82 Å². The second kappa shape index (κ2) is 3.59. The van der Waals surface area contributed by atoms with Crippen molar-refractivity contribution in [3.05, 3.63) is 23.9 Å². The molecular weight excluding hydrogens is 202 g/mol. The second-order valence-corrected chi connectivity index (χ2v) is 3.99. The Morgan fingerprint density at radius 2 is 2.12 bits per heavy atom. The molecule has 0 aliphatic carbocycles. The highest BCUT2D eigenvalue weighted by Gasteiger charge is 2.19. The minimum absolute atomic E-state index is 0.741. The fourth-order valence-electron chi connectivity index (χ4n) is 1.70. The van der Waals surface area contributed by atoms with Crippen LogP contribution in [0.15, 0.2) is 18.2 Å². The van der Waals surface area contributed by atoms with Crippen LogP contribution in [0.3, 0.4) is 0 Å². The Morgan fingerprint density at radius 3 is 2.81 bits per heavy atom. The molecule has 16 heavy (non-hydrogen) atoms. The molecule has 0 unspecified atom stereocenters. The van der Waals surface area contributed by atoms with Crippen LogP contribution in [0.25, 0.3) is 11.5 Å². The highest BCUT2D eigenvalue weighted by molar-refractivity contribution is 5.51. The van der Waals surface area contributed by atoms with Crippen LogP contribution in [0, 0.1) is 6.92 Å². The summed E-state index contributed by atoms with van der Waals surface area (Å²) in [5, 5.41) is 7.13. The van der Waals surface area contributed by atoms with Crippen LogP contribution in [0.5, 0.6) is 0 Å². The molecule has 3 rings (SSSR count). The molecule has 5 heteroatoms. The molecule has 2 aromatic rings. The molecule has 0 bridgehead atoms. The van der Waals surface area contributed by atoms with E-state index in [1.807, 2.05) is 25.1 Å². The Labute approximate surface area is 93.5 Å². The number of hydrogen-bond acceptors (Lipinski definition) is 4. The first-order valence-corrected chi connectivity index (χ1v) is 5.44. The number of pyridine rings is 1. The van der Waals surface area contributed by atoms with Crippen molar-refractivity contribution in [2.24, 2.45) is 0 Å². The van der Waals surface area contributed by atoms with Gasteiger partial charge in [-0.05, 0) is 25.5 Å². The number of hydrogen-bond donors (Lipinski definition) is 1. The van der Waals surface area contributed by atoms with Crippen molar-refractivity contribution in [1.82, 2.24) is 20.2 Å². The van der Waals surface area contributed by atoms with E-state index in [1.165, 1.54) is 6.42 Å². The maximum atomic E-state index is 4.44. The van der Waals surface area contributed by atoms with Gasteiger partial charge in [-0.3, -0.25) is 5.10 Å². The maximum Gasteiger partial charge on any atom is 0.245 e. The van der Waals surface area contributed by atoms with Gasteiger partial charge in [-0.2, -0.15) is 4.98 Å². The predicted octanol–water partition coefficient (Wildman–Crippen LogP) is 1.39. The van der Waals surface area contributed by atoms with Crippen molar-refractivity contribution in [2.45, 2.75) is 13.3 Å². The molecule has 3 heterocycles. The molecule has 2 aromatic heterocycles. The molecule has 1 saturated heterocycles. The number of H-pyrrole nitrogens is 1. The van der Waals surface area contributed by atoms with E-state index >= 15 is 0 Å². The second-order valence-electron chi connectivity index (χ2n) is 3.99. The summed E-state index contributed by atoms with van der Waals surface area (Å²) in [6, 6.07) is 5.88. The van der Waals surface area contributed by atoms with Gasteiger partial charge in [0.2, 0.25) is 5.95 Å². The summed E-state index contributed by atoms with van der Waals surface area (Å²) in [6.45, 7) is 4.08. The molecule has 1 aliphatic rings. The summed E-state index contributed by atoms with van der Waals surface area (Å²) in [7, 11) is 0. The summed E-state index contributed by atoms with van der Waals surface area (Å²) in [5.41, 5.74) is 1.83. The first-order valence-electron chi connectivity index (χ1n) is 5.44. The zero-order valence-corrected chi connectivity index (χ0v) is 9.14. The number of nitrogens with one attached hydrogen (secondary N) is 1. The molecule has 0 atom stereocenters. The number of anilines is 1. The van der Waals surface area contributed by atoms with Gasteiger partial charge < -0.3 is 4.90 Å². The van der Waals surface area contributed by atoms with Gasteiger partial charge in [0.25, 0.3) is 0 Å². The Hall–Kier alpha value is -1.91. The average molecular weight is 215 g/mol. The monoisotopic (exact) mass is 215 g/mol. The van der Waals surface area contributed by atoms with E-state index in [0.29, 0.717) is 0 Å². The van der Waals surface area contributed by atoms with Gasteiger partial charge in [-0.25, -0.2) is 4.98 Å². The molecule has 0 aromatic carbocycles. The third-order valence-electron chi connectivity index (χ3n) is 2.74. The van der Waals surface area contributed by atoms with Gasteiger partial charge in [0.05, 0.1) is 0 Å². The first kappa shape index (κ1) is 9.33. The van der Waals surface area contributed by atoms with Gasteiger partial charge in [-0.1, -0.05) is 6.07 Å². The van der Waals surface area contributed by atoms with E-state index in [4.69, 9.17) is 0 Å². The molecule has 1 aliphatic heterocycles. The topological polar surface area (TPSA) is 57.7 Å². The van der Waals surface area contributed by atoms with Crippen LogP contribution < -0.4 is 4.90 Å². The number of aromatic amines is 1. The SMILES string of the molecule is Cc1cccc(-c2nc(N3CCC3)n[nH]2)n1. The molecule has 5 nitrogen and oxygen atoms in total. The lowest BCUT2D eigenvalue weighted by Crippen LogP contribution is -2.37. The summed E-state index contributed by atoms with van der Waals surface area (Å²) in [5.74, 6) is 1.52. The highest BCUT2D eigenvalue weighted by Crippen LogP contribution is 2.19. The van der Waals surface area contributed by atoms with Crippen molar-refractivity contribution in [3.8, 4) is 11.5 Å². The summed E-state index contributed by atoms with van der Waals surface area (Å²) >= 11 is 0. The van der Waals surface area contributed by atoms with Crippen LogP contribution in [-0.4, -0.2) is 33.3 Å². The van der Waals surface area contributed by atoms with Gasteiger partial charge in [0, 0.05) is 18.8 Å². The van der Waals surface area contributed by atoms with Crippen molar-refractivity contribution in [1.29, 1.82) is 0 Å². The molecule has 0 radical (unpaired) electrons. The van der Waals surface area contributed by atoms with Crippen LogP contribution in [-0.2, 0) is 0 Å². The van der Waals surface area contributed by atoms with E-state index < -0.39 is 0 Å². The Balaban J connectivity index is 1.91. The third kappa shape index (κ3) is 1.54. The van der Waals surface area contributed by atoms with Crippen molar-refractivity contribution in [3.63, 3.8) is 0 Å². The minimum atomic E-state index is 0.741. The fraction of sp³-hybridized carbons (Fsp3) is 0.364. The van der Waals surface area contributed by atoms with E-state index in [1.54, 1.807) is 0 Å². The third-order valence-corrected chi connectivity index (χ3v) is 2.74. The van der Waals surface area contributed by atoms with Crippen LogP contribution in [0.4, 0.5) is 5.95 Å². The molecule has 1 fully saturated rings. The zero-order valence-electron chi connectivity index (χ0n) is 9.14. The van der Waals surface area contributed by atoms with E-state index in [2.05, 4.69) is 25.1 Å². The van der Waals surface area contributed by atoms with Crippen LogP contribution >= 0.6 is 0 Å². The smallest absolute Gasteiger partial charge is 0.245 e. The lowest BCUT2D eigenvalue weighted by Gasteiger charge is -2.29. The largest absolute Gasteiger partial charge is 0.339 e. The average Bonchev–Trinajstić information content (AvgIpc) is 2.64. The highest BCUT2D eigenvalue weighted by atomic mass is 15.4. The predicted molar refractivity (Wildman–Crippen MR) is 61.2 cm³/mol. The lowest BCUT2D eigenvalue weighted by molar-refractivity contribution is 0.601. The molecule has 82 valence electrons. The summed E-state index contributed by atoms with van der Waals surface area (Å²) in [4.78, 5) is 11.0. The van der Waals surface area contributed by atoms with Gasteiger partial charge >= 0.3 is 0 Å². The maximum absolute atomic E-state index is 4.44. The van der Waals surface area contributed by atoms with Crippen LogP contribution in [0.1, 0.15) is 12.1 Å². The Kier molecular flexibility index (Phi) is 2.09. The Morgan fingerprint density at radius 1 is 1.25 bits per heavy atom.